The lowest BCUT2D eigenvalue weighted by molar-refractivity contribution is -0.148. The highest BCUT2D eigenvalue weighted by Gasteiger charge is 2.44. The molecule has 2 aliphatic heterocycles. The number of imide groups is 1. The fourth-order valence-corrected chi connectivity index (χ4v) is 17.3. The Morgan fingerprint density at radius 2 is 1.07 bits per heavy atom. The molecule has 0 spiro atoms. The van der Waals surface area contributed by atoms with Gasteiger partial charge in [0, 0.05) is 110 Å². The van der Waals surface area contributed by atoms with E-state index in [1.165, 1.54) is 28.4 Å². The molecule has 9 atom stereocenters. The van der Waals surface area contributed by atoms with Crippen molar-refractivity contribution in [2.75, 3.05) is 259 Å². The monoisotopic (exact) mass is 1900 g/mol. The zero-order chi connectivity index (χ0) is 95.5. The van der Waals surface area contributed by atoms with Gasteiger partial charge in [0.2, 0.25) is 35.4 Å². The number of nitrogens with one attached hydrogen (secondary N) is 4. The Balaban J connectivity index is 0.828. The molecule has 3 heterocycles. The highest BCUT2D eigenvalue weighted by molar-refractivity contribution is 8.76. The van der Waals surface area contributed by atoms with Crippen LogP contribution in [0.3, 0.4) is 0 Å². The summed E-state index contributed by atoms with van der Waals surface area (Å²) in [5, 5.41) is 14.2. The number of benzene rings is 2. The standard InChI is InChI=1S/C92H149N11O25S3/c1-15-69(6)85(101(12)91(112)83(67(2)3)97-89(111)84(68(4)5)98(8)9)77(114-13)65-82(108)102-34-19-22-76(102)86(115-14)70(7)87(109)95-74(64-72-20-17-16-18-21-72)90-96-75(66-129-90)88(110)94-32-29-71-23-25-73(26-24-71)128-92(113)100(11)37-63-131-130-62-36-99(10)79(105)31-38-116-40-42-118-44-46-120-48-50-122-52-54-124-56-58-126-60-61-127-59-57-125-55-53-123-51-49-121-47-45-119-43-41-117-39-33-93-78(104)30-35-103-80(106)27-28-81(103)107/h16-18,20-21,23-28,66-70,74,76-77,83-86H,15,19,22,29-65H2,1-14H3,(H,93,104)(H,94,110)(H,95,109)(H,97,111)/t69-,70+,74-,76-,77+,83-,84-,85+,86+/m0/s1. The van der Waals surface area contributed by atoms with Crippen LogP contribution in [-0.4, -0.2) is 389 Å². The number of methoxy groups -OCH3 is 2. The van der Waals surface area contributed by atoms with Crippen molar-refractivity contribution in [3.8, 4) is 5.75 Å². The van der Waals surface area contributed by atoms with Crippen LogP contribution in [0.25, 0.3) is 0 Å². The molecule has 2 aliphatic rings. The second kappa shape index (κ2) is 67.7. The normalized spacial score (nSPS) is 15.2. The first kappa shape index (κ1) is 114. The van der Waals surface area contributed by atoms with Gasteiger partial charge in [0.05, 0.1) is 214 Å². The van der Waals surface area contributed by atoms with Crippen molar-refractivity contribution in [3.63, 3.8) is 0 Å². The van der Waals surface area contributed by atoms with E-state index in [0.29, 0.717) is 239 Å². The van der Waals surface area contributed by atoms with E-state index < -0.39 is 66.2 Å². The average molecular weight is 1910 g/mol. The third kappa shape index (κ3) is 45.2. The van der Waals surface area contributed by atoms with Gasteiger partial charge in [0.25, 0.3) is 17.7 Å². The van der Waals surface area contributed by atoms with Crippen LogP contribution in [0.5, 0.6) is 5.75 Å². The van der Waals surface area contributed by atoms with Crippen LogP contribution in [-0.2, 0) is 118 Å². The minimum atomic E-state index is -0.810. The molecule has 0 bridgehead atoms. The Morgan fingerprint density at radius 1 is 0.565 bits per heavy atom. The molecule has 39 heteroatoms. The van der Waals surface area contributed by atoms with Crippen LogP contribution in [0.4, 0.5) is 4.79 Å². The Labute approximate surface area is 787 Å². The first-order valence-corrected chi connectivity index (χ1v) is 49.0. The van der Waals surface area contributed by atoms with Crippen molar-refractivity contribution in [3.05, 3.63) is 94.0 Å². The number of nitrogens with zero attached hydrogens (tertiary/aromatic N) is 7. The third-order valence-electron chi connectivity index (χ3n) is 21.8. The lowest BCUT2D eigenvalue weighted by atomic mass is 9.89. The molecule has 4 N–H and O–H groups in total. The number of likely N-dealkylation sites (tertiary alicyclic amines) is 1. The lowest BCUT2D eigenvalue weighted by Crippen LogP contribution is -2.59. The number of ether oxygens (including phenoxy) is 15. The molecule has 0 aliphatic carbocycles. The number of thiazole rings is 1. The minimum Gasteiger partial charge on any atom is -0.410 e. The van der Waals surface area contributed by atoms with Crippen LogP contribution in [0.15, 0.2) is 72.1 Å². The highest BCUT2D eigenvalue weighted by atomic mass is 33.1. The van der Waals surface area contributed by atoms with Crippen molar-refractivity contribution < 1.29 is 119 Å². The summed E-state index contributed by atoms with van der Waals surface area (Å²) in [5.74, 6) is -1.73. The Hall–Kier alpha value is -7.39. The summed E-state index contributed by atoms with van der Waals surface area (Å²) in [6.45, 7) is 25.6. The number of likely N-dealkylation sites (N-methyl/N-ethyl adjacent to an activating group) is 2. The number of carbonyl (C=O) groups is 10. The molecule has 3 aromatic rings. The van der Waals surface area contributed by atoms with Gasteiger partial charge >= 0.3 is 6.09 Å². The molecule has 10 amide bonds. The van der Waals surface area contributed by atoms with Crippen LogP contribution in [0.2, 0.25) is 0 Å². The smallest absolute Gasteiger partial charge is 0.410 e. The molecular formula is C92H149N11O25S3. The Bertz CT molecular complexity index is 3740. The maximum Gasteiger partial charge on any atom is 0.414 e. The number of amides is 10. The fraction of sp³-hybridized carbons (Fsp3) is 0.707. The first-order chi connectivity index (χ1) is 63.2. The molecule has 2 aromatic carbocycles. The minimum absolute atomic E-state index is 0.00706. The van der Waals surface area contributed by atoms with Crippen LogP contribution >= 0.6 is 32.9 Å². The summed E-state index contributed by atoms with van der Waals surface area (Å²) in [6, 6.07) is 14.0. The van der Waals surface area contributed by atoms with Crippen molar-refractivity contribution in [1.82, 2.24) is 55.7 Å². The van der Waals surface area contributed by atoms with Crippen molar-refractivity contribution in [2.24, 2.45) is 23.7 Å². The van der Waals surface area contributed by atoms with Gasteiger partial charge in [0.15, 0.2) is 0 Å². The van der Waals surface area contributed by atoms with Crippen LogP contribution in [0, 0.1) is 23.7 Å². The quantitative estimate of drug-likeness (QED) is 0.0268. The van der Waals surface area contributed by atoms with Gasteiger partial charge in [-0.2, -0.15) is 0 Å². The lowest BCUT2D eigenvalue weighted by Gasteiger charge is -2.41. The Morgan fingerprint density at radius 3 is 1.55 bits per heavy atom. The summed E-state index contributed by atoms with van der Waals surface area (Å²) in [7, 11) is 15.2. The first-order valence-electron chi connectivity index (χ1n) is 45.6. The molecule has 131 heavy (non-hydrogen) atoms. The number of hydrogen-bond acceptors (Lipinski definition) is 30. The van der Waals surface area contributed by atoms with Gasteiger partial charge in [0.1, 0.15) is 22.5 Å². The maximum absolute atomic E-state index is 14.7. The maximum atomic E-state index is 14.7. The summed E-state index contributed by atoms with van der Waals surface area (Å²) < 4.78 is 84.3. The predicted molar refractivity (Wildman–Crippen MR) is 500 cm³/mol. The van der Waals surface area contributed by atoms with Gasteiger partial charge < -0.3 is 112 Å². The van der Waals surface area contributed by atoms with Gasteiger partial charge in [-0.25, -0.2) is 9.78 Å². The second-order valence-electron chi connectivity index (χ2n) is 32.6. The molecule has 5 rings (SSSR count). The fourth-order valence-electron chi connectivity index (χ4n) is 14.4. The van der Waals surface area contributed by atoms with E-state index in [2.05, 4.69) is 21.3 Å². The molecule has 1 saturated heterocycles. The zero-order valence-corrected chi connectivity index (χ0v) is 82.1. The van der Waals surface area contributed by atoms with E-state index in [0.717, 1.165) is 16.0 Å². The van der Waals surface area contributed by atoms with Gasteiger partial charge in [-0.05, 0) is 80.8 Å². The molecule has 1 aromatic heterocycles. The largest absolute Gasteiger partial charge is 0.414 e. The number of carbonyl (C=O) groups excluding carboxylic acids is 10. The number of aromatic nitrogens is 1. The summed E-state index contributed by atoms with van der Waals surface area (Å²) >= 11 is 1.28. The molecular weight excluding hydrogens is 1760 g/mol. The van der Waals surface area contributed by atoms with Crippen molar-refractivity contribution >= 4 is 92.2 Å². The van der Waals surface area contributed by atoms with Crippen molar-refractivity contribution in [2.45, 2.75) is 142 Å². The second-order valence-corrected chi connectivity index (χ2v) is 36.1. The SMILES string of the molecule is CC[C@H](C)[C@H]([C@@H](CC(=O)N1CCC[C@H]1[C@H](OC)[C@@H](C)C(=O)N[C@@H](Cc1ccccc1)c1nc(C(=O)NCCc2ccc(OC(=O)N(C)CCSSCCN(C)C(=O)CCOCCOCCOCCOCCOCCOCCOCCOCCOCCOCCOCCOCCNC(=O)CCN3C(=O)C=CC3=O)cc2)cs1)OC)N(C)C(=O)[C@@H](NC(=O)[C@H](C(C)C)N(C)C)C(C)C. The van der Waals surface area contributed by atoms with E-state index in [9.17, 15) is 47.9 Å². The predicted octanol–water partition coefficient (Wildman–Crippen LogP) is 6.45. The Kier molecular flexibility index (Phi) is 59.0. The summed E-state index contributed by atoms with van der Waals surface area (Å²) in [5.41, 5.74) is 2.07. The third-order valence-corrected chi connectivity index (χ3v) is 25.2. The van der Waals surface area contributed by atoms with Crippen LogP contribution < -0.4 is 26.0 Å². The summed E-state index contributed by atoms with van der Waals surface area (Å²) in [6.07, 6.45) is 3.65. The molecule has 0 saturated carbocycles. The molecule has 0 radical (unpaired) electrons. The number of rotatable bonds is 75. The zero-order valence-electron chi connectivity index (χ0n) is 79.6. The van der Waals surface area contributed by atoms with Gasteiger partial charge in [-0.15, -0.1) is 11.3 Å². The van der Waals surface area contributed by atoms with E-state index in [1.54, 1.807) is 96.1 Å². The molecule has 740 valence electrons. The van der Waals surface area contributed by atoms with Crippen molar-refractivity contribution in [1.29, 1.82) is 0 Å². The average Bonchev–Trinajstić information content (AvgIpc) is 1.60. The molecule has 0 unspecified atom stereocenters. The summed E-state index contributed by atoms with van der Waals surface area (Å²) in [4.78, 5) is 146. The molecule has 1 fully saturated rings. The topological polar surface area (TPSA) is 390 Å². The van der Waals surface area contributed by atoms with E-state index in [-0.39, 0.29) is 97.2 Å². The van der Waals surface area contributed by atoms with E-state index in [1.807, 2.05) is 103 Å². The van der Waals surface area contributed by atoms with Gasteiger partial charge in [-0.1, -0.05) is 119 Å². The highest BCUT2D eigenvalue weighted by Crippen LogP contribution is 2.32. The number of hydrogen-bond donors (Lipinski definition) is 4. The van der Waals surface area contributed by atoms with Crippen LogP contribution in [0.1, 0.15) is 120 Å². The van der Waals surface area contributed by atoms with E-state index >= 15 is 0 Å². The van der Waals surface area contributed by atoms with E-state index in [4.69, 9.17) is 76.0 Å². The molecule has 36 nitrogen and oxygen atoms in total. The van der Waals surface area contributed by atoms with Gasteiger partial charge in [-0.3, -0.25) is 53.0 Å².